The van der Waals surface area contributed by atoms with Crippen molar-refractivity contribution in [3.8, 4) is 17.3 Å². The summed E-state index contributed by atoms with van der Waals surface area (Å²) in [5, 5.41) is 14.5. The smallest absolute Gasteiger partial charge is 0.145 e. The van der Waals surface area contributed by atoms with Gasteiger partial charge >= 0.3 is 0 Å². The van der Waals surface area contributed by atoms with Gasteiger partial charge < -0.3 is 14.2 Å². The lowest BCUT2D eigenvalue weighted by Crippen LogP contribution is -2.43. The molecule has 2 heterocycles. The quantitative estimate of drug-likeness (QED) is 0.380. The third-order valence-corrected chi connectivity index (χ3v) is 7.22. The van der Waals surface area contributed by atoms with Gasteiger partial charge in [-0.05, 0) is 69.0 Å². The number of nitrogens with zero attached hydrogens (tertiary/aromatic N) is 3. The molecule has 3 aromatic rings. The molecule has 0 spiro atoms. The van der Waals surface area contributed by atoms with Gasteiger partial charge in [0.15, 0.2) is 0 Å². The zero-order valence-corrected chi connectivity index (χ0v) is 19.9. The van der Waals surface area contributed by atoms with Crippen LogP contribution in [0.1, 0.15) is 55.4 Å². The average molecular weight is 482 g/mol. The predicted octanol–water partition coefficient (Wildman–Crippen LogP) is 6.97. The summed E-state index contributed by atoms with van der Waals surface area (Å²) >= 11 is 12.9. The van der Waals surface area contributed by atoms with E-state index in [1.165, 1.54) is 0 Å². The van der Waals surface area contributed by atoms with Crippen LogP contribution in [0.15, 0.2) is 47.0 Å². The molecule has 1 saturated carbocycles. The molecule has 170 valence electrons. The molecule has 2 aliphatic rings. The molecule has 0 radical (unpaired) electrons. The number of anilines is 1. The normalized spacial score (nSPS) is 20.6. The van der Waals surface area contributed by atoms with E-state index in [4.69, 9.17) is 37.7 Å². The third-order valence-electron chi connectivity index (χ3n) is 6.59. The van der Waals surface area contributed by atoms with Crippen molar-refractivity contribution in [3.05, 3.63) is 69.4 Å². The van der Waals surface area contributed by atoms with Gasteiger partial charge in [-0.25, -0.2) is 0 Å². The van der Waals surface area contributed by atoms with Gasteiger partial charge in [-0.3, -0.25) is 0 Å². The molecule has 1 aliphatic carbocycles. The number of ether oxygens (including phenoxy) is 1. The van der Waals surface area contributed by atoms with E-state index < -0.39 is 0 Å². The molecule has 2 atom stereocenters. The van der Waals surface area contributed by atoms with E-state index >= 15 is 0 Å². The molecule has 0 N–H and O–H groups in total. The van der Waals surface area contributed by atoms with Crippen molar-refractivity contribution in [3.63, 3.8) is 0 Å². The van der Waals surface area contributed by atoms with Crippen molar-refractivity contribution in [1.29, 1.82) is 5.26 Å². The molecule has 2 fully saturated rings. The molecule has 2 aromatic carbocycles. The van der Waals surface area contributed by atoms with Crippen LogP contribution in [0.2, 0.25) is 10.0 Å². The van der Waals surface area contributed by atoms with Gasteiger partial charge in [0.2, 0.25) is 0 Å². The van der Waals surface area contributed by atoms with Crippen LogP contribution in [0.3, 0.4) is 0 Å². The topological polar surface area (TPSA) is 62.3 Å². The predicted molar refractivity (Wildman–Crippen MR) is 130 cm³/mol. The van der Waals surface area contributed by atoms with Crippen molar-refractivity contribution < 1.29 is 9.26 Å². The summed E-state index contributed by atoms with van der Waals surface area (Å²) in [4.78, 5) is 2.38. The van der Waals surface area contributed by atoms with Crippen LogP contribution in [0, 0.1) is 11.3 Å². The van der Waals surface area contributed by atoms with E-state index in [1.54, 1.807) is 0 Å². The van der Waals surface area contributed by atoms with E-state index in [9.17, 15) is 0 Å². The van der Waals surface area contributed by atoms with Crippen LogP contribution in [0.25, 0.3) is 11.3 Å². The van der Waals surface area contributed by atoms with Crippen molar-refractivity contribution in [2.24, 2.45) is 0 Å². The van der Waals surface area contributed by atoms with Crippen LogP contribution >= 0.6 is 23.2 Å². The van der Waals surface area contributed by atoms with Gasteiger partial charge in [0.25, 0.3) is 0 Å². The zero-order chi connectivity index (χ0) is 22.9. The number of hydrogen-bond acceptors (Lipinski definition) is 5. The second kappa shape index (κ2) is 9.38. The van der Waals surface area contributed by atoms with Gasteiger partial charge in [-0.1, -0.05) is 34.4 Å². The first-order valence-corrected chi connectivity index (χ1v) is 12.1. The van der Waals surface area contributed by atoms with Crippen LogP contribution < -0.4 is 4.90 Å². The van der Waals surface area contributed by atoms with Crippen LogP contribution in [-0.4, -0.2) is 23.8 Å². The monoisotopic (exact) mass is 481 g/mol. The highest BCUT2D eigenvalue weighted by atomic mass is 35.5. The summed E-state index contributed by atoms with van der Waals surface area (Å²) < 4.78 is 12.2. The Balaban J connectivity index is 1.30. The van der Waals surface area contributed by atoms with Crippen molar-refractivity contribution in [2.75, 3.05) is 11.4 Å². The fourth-order valence-corrected chi connectivity index (χ4v) is 5.22. The highest BCUT2D eigenvalue weighted by molar-refractivity contribution is 6.39. The summed E-state index contributed by atoms with van der Waals surface area (Å²) in [5.74, 6) is 1.31. The molecule has 1 aromatic heterocycles. The standard InChI is InChI=1S/C26H25Cl2N3O2/c1-16-13-20(11-12-31(16)19-9-5-17(14-29)6-10-19)32-15-21-25(30-33-26(21)18-7-8-18)24-22(27)3-2-4-23(24)28/h2-6,9-10,16,18,20H,7-8,11-13,15H2,1H3/t16-,20+/m0/s1. The molecule has 0 amide bonds. The molecule has 1 aliphatic heterocycles. The molecule has 5 rings (SSSR count). The van der Waals surface area contributed by atoms with Gasteiger partial charge in [0.05, 0.1) is 34.4 Å². The van der Waals surface area contributed by atoms with Crippen LogP contribution in [0.4, 0.5) is 5.69 Å². The molecular formula is C26H25Cl2N3O2. The zero-order valence-electron chi connectivity index (χ0n) is 18.4. The number of halogens is 2. The minimum Gasteiger partial charge on any atom is -0.373 e. The number of piperidine rings is 1. The minimum absolute atomic E-state index is 0.145. The first kappa shape index (κ1) is 22.3. The number of hydrogen-bond donors (Lipinski definition) is 0. The second-order valence-corrected chi connectivity index (χ2v) is 9.72. The van der Waals surface area contributed by atoms with Gasteiger partial charge in [0, 0.05) is 35.3 Å². The highest BCUT2D eigenvalue weighted by Crippen LogP contribution is 2.46. The first-order valence-electron chi connectivity index (χ1n) is 11.4. The van der Waals surface area contributed by atoms with Crippen molar-refractivity contribution >= 4 is 28.9 Å². The Bertz CT molecular complexity index is 1160. The third kappa shape index (κ3) is 4.61. The van der Waals surface area contributed by atoms with Gasteiger partial charge in [-0.2, -0.15) is 5.26 Å². The van der Waals surface area contributed by atoms with Gasteiger partial charge in [-0.15, -0.1) is 0 Å². The van der Waals surface area contributed by atoms with E-state index in [2.05, 4.69) is 23.0 Å². The molecular weight excluding hydrogens is 457 g/mol. The summed E-state index contributed by atoms with van der Waals surface area (Å²) in [6.45, 7) is 3.55. The molecule has 0 bridgehead atoms. The second-order valence-electron chi connectivity index (χ2n) is 8.90. The Morgan fingerprint density at radius 2 is 1.85 bits per heavy atom. The van der Waals surface area contributed by atoms with E-state index in [0.29, 0.717) is 45.4 Å². The first-order chi connectivity index (χ1) is 16.0. The summed E-state index contributed by atoms with van der Waals surface area (Å²) in [6, 6.07) is 15.8. The lowest BCUT2D eigenvalue weighted by molar-refractivity contribution is 0.0175. The fraction of sp³-hybridized carbons (Fsp3) is 0.385. The fourth-order valence-electron chi connectivity index (χ4n) is 4.64. The maximum absolute atomic E-state index is 9.04. The average Bonchev–Trinajstić information content (AvgIpc) is 3.58. The summed E-state index contributed by atoms with van der Waals surface area (Å²) in [7, 11) is 0. The molecule has 7 heteroatoms. The molecule has 33 heavy (non-hydrogen) atoms. The van der Waals surface area contributed by atoms with E-state index in [-0.39, 0.29) is 6.10 Å². The van der Waals surface area contributed by atoms with E-state index in [1.807, 2.05) is 42.5 Å². The summed E-state index contributed by atoms with van der Waals surface area (Å²) in [5.41, 5.74) is 4.19. The number of nitriles is 1. The SMILES string of the molecule is C[C@H]1C[C@H](OCc2c(-c3c(Cl)cccc3Cl)noc2C2CC2)CCN1c1ccc(C#N)cc1. The lowest BCUT2D eigenvalue weighted by Gasteiger charge is -2.39. The number of benzene rings is 2. The van der Waals surface area contributed by atoms with Gasteiger partial charge in [0.1, 0.15) is 11.5 Å². The Morgan fingerprint density at radius 3 is 2.48 bits per heavy atom. The van der Waals surface area contributed by atoms with Crippen molar-refractivity contribution in [1.82, 2.24) is 5.16 Å². The Kier molecular flexibility index (Phi) is 6.34. The van der Waals surface area contributed by atoms with E-state index in [0.717, 1.165) is 49.2 Å². The largest absolute Gasteiger partial charge is 0.373 e. The Labute approximate surface area is 203 Å². The molecule has 0 unspecified atom stereocenters. The maximum atomic E-state index is 9.04. The molecule has 1 saturated heterocycles. The van der Waals surface area contributed by atoms with Crippen LogP contribution in [0.5, 0.6) is 0 Å². The number of aromatic nitrogens is 1. The maximum Gasteiger partial charge on any atom is 0.145 e. The lowest BCUT2D eigenvalue weighted by atomic mass is 9.99. The molecule has 5 nitrogen and oxygen atoms in total. The number of rotatable bonds is 6. The van der Waals surface area contributed by atoms with Crippen molar-refractivity contribution in [2.45, 2.75) is 57.3 Å². The minimum atomic E-state index is 0.145. The summed E-state index contributed by atoms with van der Waals surface area (Å²) in [6.07, 6.45) is 4.21. The van der Waals surface area contributed by atoms with Crippen LogP contribution in [-0.2, 0) is 11.3 Å². The Hall–Kier alpha value is -2.52. The highest BCUT2D eigenvalue weighted by Gasteiger charge is 2.34. The Morgan fingerprint density at radius 1 is 1.12 bits per heavy atom.